The van der Waals surface area contributed by atoms with E-state index in [-0.39, 0.29) is 18.5 Å². The van der Waals surface area contributed by atoms with E-state index < -0.39 is 0 Å². The van der Waals surface area contributed by atoms with Crippen molar-refractivity contribution >= 4 is 29.0 Å². The highest BCUT2D eigenvalue weighted by Gasteiger charge is 2.26. The third-order valence-electron chi connectivity index (χ3n) is 4.90. The Balaban J connectivity index is 1.43. The van der Waals surface area contributed by atoms with Gasteiger partial charge in [-0.2, -0.15) is 0 Å². The van der Waals surface area contributed by atoms with E-state index in [1.807, 2.05) is 24.3 Å². The predicted molar refractivity (Wildman–Crippen MR) is 102 cm³/mol. The molecule has 2 aliphatic rings. The molecule has 0 aromatic heterocycles. The fraction of sp³-hybridized carbons (Fsp3) is 0.300. The summed E-state index contributed by atoms with van der Waals surface area (Å²) in [5.41, 5.74) is 2.18. The Bertz CT molecular complexity index is 890. The quantitative estimate of drug-likeness (QED) is 0.758. The van der Waals surface area contributed by atoms with Crippen molar-refractivity contribution in [2.24, 2.45) is 0 Å². The van der Waals surface area contributed by atoms with E-state index in [1.165, 1.54) is 0 Å². The SMILES string of the molecule is CC(=O)c1ccc(N2CCN(C(=O)c3cc4c(cc3Cl)OCO4)CC2)cc1. The molecule has 0 unspecified atom stereocenters. The standard InChI is InChI=1S/C20H19ClN2O4/c1-13(24)14-2-4-15(5-3-14)22-6-8-23(9-7-22)20(25)16-10-18-19(11-17(16)21)27-12-26-18/h2-5,10-11H,6-9,12H2,1H3. The molecule has 1 amide bonds. The minimum atomic E-state index is -0.107. The number of amides is 1. The molecule has 0 atom stereocenters. The van der Waals surface area contributed by atoms with Crippen molar-refractivity contribution in [3.8, 4) is 11.5 Å². The molecule has 27 heavy (non-hydrogen) atoms. The van der Waals surface area contributed by atoms with E-state index >= 15 is 0 Å². The average Bonchev–Trinajstić information content (AvgIpc) is 3.14. The molecule has 0 bridgehead atoms. The second-order valence-electron chi connectivity index (χ2n) is 6.57. The van der Waals surface area contributed by atoms with Gasteiger partial charge in [-0.15, -0.1) is 0 Å². The normalized spacial score (nSPS) is 15.8. The molecule has 7 heteroatoms. The number of benzene rings is 2. The van der Waals surface area contributed by atoms with Crippen LogP contribution in [0.5, 0.6) is 11.5 Å². The Hall–Kier alpha value is -2.73. The third-order valence-corrected chi connectivity index (χ3v) is 5.21. The minimum absolute atomic E-state index is 0.0533. The fourth-order valence-electron chi connectivity index (χ4n) is 3.33. The van der Waals surface area contributed by atoms with Gasteiger partial charge in [-0.25, -0.2) is 0 Å². The summed E-state index contributed by atoms with van der Waals surface area (Å²) in [7, 11) is 0. The van der Waals surface area contributed by atoms with E-state index in [4.69, 9.17) is 21.1 Å². The number of rotatable bonds is 3. The lowest BCUT2D eigenvalue weighted by molar-refractivity contribution is 0.0746. The summed E-state index contributed by atoms with van der Waals surface area (Å²) in [6.45, 7) is 4.32. The number of ether oxygens (including phenoxy) is 2. The molecule has 1 fully saturated rings. The molecule has 140 valence electrons. The fourth-order valence-corrected chi connectivity index (χ4v) is 3.56. The second kappa shape index (κ2) is 7.12. The van der Waals surface area contributed by atoms with Gasteiger partial charge in [0.2, 0.25) is 6.79 Å². The molecule has 2 aliphatic heterocycles. The average molecular weight is 387 g/mol. The van der Waals surface area contributed by atoms with E-state index in [2.05, 4.69) is 4.90 Å². The molecule has 6 nitrogen and oxygen atoms in total. The van der Waals surface area contributed by atoms with Crippen LogP contribution in [0.2, 0.25) is 5.02 Å². The zero-order valence-corrected chi connectivity index (χ0v) is 15.7. The lowest BCUT2D eigenvalue weighted by atomic mass is 10.1. The van der Waals surface area contributed by atoms with Gasteiger partial charge in [0.1, 0.15) is 0 Å². The summed E-state index contributed by atoms with van der Waals surface area (Å²) >= 11 is 6.27. The molecular formula is C20H19ClN2O4. The van der Waals surface area contributed by atoms with Crippen molar-refractivity contribution in [2.75, 3.05) is 37.9 Å². The molecule has 0 saturated carbocycles. The van der Waals surface area contributed by atoms with Crippen LogP contribution in [-0.4, -0.2) is 49.6 Å². The van der Waals surface area contributed by atoms with Gasteiger partial charge in [0, 0.05) is 43.5 Å². The number of ketones is 1. The summed E-state index contributed by atoms with van der Waals surface area (Å²) in [6, 6.07) is 10.8. The Morgan fingerprint density at radius 2 is 1.59 bits per heavy atom. The van der Waals surface area contributed by atoms with E-state index in [9.17, 15) is 9.59 Å². The van der Waals surface area contributed by atoms with Crippen molar-refractivity contribution in [2.45, 2.75) is 6.92 Å². The van der Waals surface area contributed by atoms with Crippen molar-refractivity contribution in [3.05, 3.63) is 52.5 Å². The number of halogens is 1. The number of anilines is 1. The summed E-state index contributed by atoms with van der Waals surface area (Å²) in [5.74, 6) is 1.06. The zero-order chi connectivity index (χ0) is 19.0. The highest BCUT2D eigenvalue weighted by molar-refractivity contribution is 6.34. The monoisotopic (exact) mass is 386 g/mol. The van der Waals surface area contributed by atoms with E-state index in [0.29, 0.717) is 53.8 Å². The molecule has 0 spiro atoms. The van der Waals surface area contributed by atoms with Crippen LogP contribution in [0.15, 0.2) is 36.4 Å². The van der Waals surface area contributed by atoms with E-state index in [1.54, 1.807) is 24.0 Å². The van der Waals surface area contributed by atoms with Crippen molar-refractivity contribution < 1.29 is 19.1 Å². The number of carbonyl (C=O) groups excluding carboxylic acids is 2. The molecular weight excluding hydrogens is 368 g/mol. The number of carbonyl (C=O) groups is 2. The first-order valence-corrected chi connectivity index (χ1v) is 9.15. The number of Topliss-reactive ketones (excluding diaryl/α,β-unsaturated/α-hetero) is 1. The van der Waals surface area contributed by atoms with Gasteiger partial charge in [0.25, 0.3) is 5.91 Å². The summed E-state index contributed by atoms with van der Waals surface area (Å²) in [6.07, 6.45) is 0. The van der Waals surface area contributed by atoms with Crippen LogP contribution in [0.25, 0.3) is 0 Å². The third kappa shape index (κ3) is 3.45. The molecule has 0 radical (unpaired) electrons. The van der Waals surface area contributed by atoms with Gasteiger partial charge in [-0.1, -0.05) is 11.6 Å². The maximum atomic E-state index is 12.9. The second-order valence-corrected chi connectivity index (χ2v) is 6.97. The Morgan fingerprint density at radius 3 is 2.22 bits per heavy atom. The molecule has 2 aromatic carbocycles. The molecule has 0 N–H and O–H groups in total. The van der Waals surface area contributed by atoms with Crippen LogP contribution in [0.4, 0.5) is 5.69 Å². The first-order valence-electron chi connectivity index (χ1n) is 8.77. The van der Waals surface area contributed by atoms with Gasteiger partial charge >= 0.3 is 0 Å². The van der Waals surface area contributed by atoms with Crippen molar-refractivity contribution in [3.63, 3.8) is 0 Å². The number of fused-ring (bicyclic) bond motifs is 1. The lowest BCUT2D eigenvalue weighted by Gasteiger charge is -2.36. The van der Waals surface area contributed by atoms with Crippen LogP contribution in [0.1, 0.15) is 27.6 Å². The molecule has 0 aliphatic carbocycles. The van der Waals surface area contributed by atoms with Crippen LogP contribution in [0.3, 0.4) is 0 Å². The summed E-state index contributed by atoms with van der Waals surface area (Å²) in [5, 5.41) is 0.367. The first kappa shape index (κ1) is 17.7. The largest absolute Gasteiger partial charge is 0.454 e. The Labute approximate surface area is 162 Å². The number of hydrogen-bond acceptors (Lipinski definition) is 5. The Kier molecular flexibility index (Phi) is 4.66. The van der Waals surface area contributed by atoms with Gasteiger partial charge in [-0.3, -0.25) is 9.59 Å². The number of hydrogen-bond donors (Lipinski definition) is 0. The molecule has 2 aromatic rings. The summed E-state index contributed by atoms with van der Waals surface area (Å²) < 4.78 is 10.6. The van der Waals surface area contributed by atoms with Crippen LogP contribution in [-0.2, 0) is 0 Å². The molecule has 1 saturated heterocycles. The van der Waals surface area contributed by atoms with Crippen LogP contribution < -0.4 is 14.4 Å². The minimum Gasteiger partial charge on any atom is -0.454 e. The molecule has 4 rings (SSSR count). The number of nitrogens with zero attached hydrogens (tertiary/aromatic N) is 2. The van der Waals surface area contributed by atoms with Gasteiger partial charge in [-0.05, 0) is 37.3 Å². The topological polar surface area (TPSA) is 59.1 Å². The first-order chi connectivity index (χ1) is 13.0. The van der Waals surface area contributed by atoms with Gasteiger partial charge in [0.05, 0.1) is 10.6 Å². The van der Waals surface area contributed by atoms with Gasteiger partial charge < -0.3 is 19.3 Å². The summed E-state index contributed by atoms with van der Waals surface area (Å²) in [4.78, 5) is 28.3. The van der Waals surface area contributed by atoms with Crippen LogP contribution in [0, 0.1) is 0 Å². The van der Waals surface area contributed by atoms with Crippen molar-refractivity contribution in [1.29, 1.82) is 0 Å². The van der Waals surface area contributed by atoms with E-state index in [0.717, 1.165) is 5.69 Å². The molecule has 2 heterocycles. The lowest BCUT2D eigenvalue weighted by Crippen LogP contribution is -2.48. The maximum Gasteiger partial charge on any atom is 0.255 e. The van der Waals surface area contributed by atoms with Gasteiger partial charge in [0.15, 0.2) is 17.3 Å². The highest BCUT2D eigenvalue weighted by atomic mass is 35.5. The van der Waals surface area contributed by atoms with Crippen LogP contribution >= 0.6 is 11.6 Å². The van der Waals surface area contributed by atoms with Crippen molar-refractivity contribution in [1.82, 2.24) is 4.90 Å². The Morgan fingerprint density at radius 1 is 0.963 bits per heavy atom. The predicted octanol–water partition coefficient (Wildman–Crippen LogP) is 3.23. The smallest absolute Gasteiger partial charge is 0.255 e. The number of piperazine rings is 1. The maximum absolute atomic E-state index is 12.9. The zero-order valence-electron chi connectivity index (χ0n) is 14.9. The highest BCUT2D eigenvalue weighted by Crippen LogP contribution is 2.37.